The van der Waals surface area contributed by atoms with E-state index in [1.54, 1.807) is 17.8 Å². The van der Waals surface area contributed by atoms with E-state index >= 15 is 0 Å². The van der Waals surface area contributed by atoms with Gasteiger partial charge >= 0.3 is 5.97 Å². The lowest BCUT2D eigenvalue weighted by atomic mass is 10.1. The molecule has 0 fully saturated rings. The quantitative estimate of drug-likeness (QED) is 0.577. The molecule has 0 saturated carbocycles. The molecule has 0 saturated heterocycles. The highest BCUT2D eigenvalue weighted by Gasteiger charge is 2.20. The monoisotopic (exact) mass is 322 g/mol. The molecule has 6 nitrogen and oxygen atoms in total. The van der Waals surface area contributed by atoms with Crippen LogP contribution < -0.4 is 5.73 Å². The Kier molecular flexibility index (Phi) is 4.29. The number of nitrogens with zero attached hydrogens (tertiary/aromatic N) is 3. The second kappa shape index (κ2) is 6.54. The molecule has 0 radical (unpaired) electrons. The van der Waals surface area contributed by atoms with Gasteiger partial charge in [-0.2, -0.15) is 5.10 Å². The van der Waals surface area contributed by atoms with Gasteiger partial charge in [0.2, 0.25) is 0 Å². The van der Waals surface area contributed by atoms with Gasteiger partial charge in [-0.3, -0.25) is 0 Å². The van der Waals surface area contributed by atoms with Gasteiger partial charge in [0.05, 0.1) is 29.5 Å². The van der Waals surface area contributed by atoms with Gasteiger partial charge in [-0.15, -0.1) is 0 Å². The first kappa shape index (κ1) is 15.7. The van der Waals surface area contributed by atoms with Gasteiger partial charge in [0.1, 0.15) is 12.2 Å². The van der Waals surface area contributed by atoms with Gasteiger partial charge in [0.25, 0.3) is 0 Å². The maximum Gasteiger partial charge on any atom is 0.342 e. The molecule has 0 amide bonds. The van der Waals surface area contributed by atoms with Crippen molar-refractivity contribution in [1.82, 2.24) is 14.8 Å². The van der Waals surface area contributed by atoms with Crippen LogP contribution in [0.4, 0.5) is 5.69 Å². The number of pyridine rings is 1. The van der Waals surface area contributed by atoms with Gasteiger partial charge < -0.3 is 10.5 Å². The number of anilines is 1. The fourth-order valence-electron chi connectivity index (χ4n) is 2.57. The standard InChI is InChI=1S/C18H18N4O2/c1-3-9-24-18(23)15-12(2)21-17-14(16(15)19)10-20-22(17)11-13-7-5-4-6-8-13/h3-8,10H,1,9,11H2,2H3,(H2,19,21). The van der Waals surface area contributed by atoms with Gasteiger partial charge in [-0.05, 0) is 12.5 Å². The molecule has 0 aliphatic carbocycles. The van der Waals surface area contributed by atoms with Gasteiger partial charge in [-0.1, -0.05) is 43.0 Å². The number of carbonyl (C=O) groups excluding carboxylic acids is 1. The Morgan fingerprint density at radius 2 is 2.12 bits per heavy atom. The van der Waals surface area contributed by atoms with Crippen LogP contribution in [0, 0.1) is 6.92 Å². The topological polar surface area (TPSA) is 83.0 Å². The molecule has 122 valence electrons. The number of rotatable bonds is 5. The van der Waals surface area contributed by atoms with E-state index in [2.05, 4.69) is 16.7 Å². The summed E-state index contributed by atoms with van der Waals surface area (Å²) >= 11 is 0. The Morgan fingerprint density at radius 3 is 2.83 bits per heavy atom. The molecule has 6 heteroatoms. The van der Waals surface area contributed by atoms with Crippen molar-refractivity contribution in [2.75, 3.05) is 12.3 Å². The highest BCUT2D eigenvalue weighted by atomic mass is 16.5. The SMILES string of the molecule is C=CCOC(=O)c1c(C)nc2c(cnn2Cc2ccccc2)c1N. The first-order valence-electron chi connectivity index (χ1n) is 7.55. The third kappa shape index (κ3) is 2.86. The van der Waals surface area contributed by atoms with E-state index in [0.29, 0.717) is 29.0 Å². The summed E-state index contributed by atoms with van der Waals surface area (Å²) in [6, 6.07) is 9.95. The number of benzene rings is 1. The normalized spacial score (nSPS) is 10.7. The van der Waals surface area contributed by atoms with E-state index in [4.69, 9.17) is 10.5 Å². The van der Waals surface area contributed by atoms with Crippen LogP contribution in [-0.2, 0) is 11.3 Å². The number of nitrogen functional groups attached to an aromatic ring is 1. The highest BCUT2D eigenvalue weighted by molar-refractivity contribution is 6.04. The number of hydrogen-bond acceptors (Lipinski definition) is 5. The summed E-state index contributed by atoms with van der Waals surface area (Å²) in [4.78, 5) is 16.7. The third-order valence-electron chi connectivity index (χ3n) is 3.72. The van der Waals surface area contributed by atoms with Crippen LogP contribution in [0.15, 0.2) is 49.2 Å². The van der Waals surface area contributed by atoms with E-state index in [1.807, 2.05) is 30.3 Å². The van der Waals surface area contributed by atoms with E-state index < -0.39 is 5.97 Å². The molecule has 3 aromatic rings. The summed E-state index contributed by atoms with van der Waals surface area (Å²) in [5.74, 6) is -0.505. The molecule has 0 aliphatic heterocycles. The number of hydrogen-bond donors (Lipinski definition) is 1. The summed E-state index contributed by atoms with van der Waals surface area (Å²) in [5, 5.41) is 5.00. The fraction of sp³-hybridized carbons (Fsp3) is 0.167. The predicted molar refractivity (Wildman–Crippen MR) is 92.7 cm³/mol. The average Bonchev–Trinajstić information content (AvgIpc) is 2.97. The maximum absolute atomic E-state index is 12.2. The lowest BCUT2D eigenvalue weighted by Crippen LogP contribution is -2.12. The lowest BCUT2D eigenvalue weighted by molar-refractivity contribution is 0.0550. The zero-order chi connectivity index (χ0) is 17.1. The van der Waals surface area contributed by atoms with Crippen molar-refractivity contribution < 1.29 is 9.53 Å². The molecular weight excluding hydrogens is 304 g/mol. The van der Waals surface area contributed by atoms with Crippen LogP contribution in [-0.4, -0.2) is 27.3 Å². The average molecular weight is 322 g/mol. The Hall–Kier alpha value is -3.15. The first-order valence-corrected chi connectivity index (χ1v) is 7.55. The van der Waals surface area contributed by atoms with Crippen LogP contribution in [0.3, 0.4) is 0 Å². The van der Waals surface area contributed by atoms with Gasteiger partial charge in [-0.25, -0.2) is 14.5 Å². The zero-order valence-corrected chi connectivity index (χ0v) is 13.4. The second-order valence-corrected chi connectivity index (χ2v) is 5.40. The largest absolute Gasteiger partial charge is 0.458 e. The molecule has 0 atom stereocenters. The molecule has 1 aromatic carbocycles. The van der Waals surface area contributed by atoms with Gasteiger partial charge in [0.15, 0.2) is 5.65 Å². The van der Waals surface area contributed by atoms with Crippen molar-refractivity contribution in [1.29, 1.82) is 0 Å². The van der Waals surface area contributed by atoms with Crippen molar-refractivity contribution in [2.45, 2.75) is 13.5 Å². The zero-order valence-electron chi connectivity index (χ0n) is 13.4. The minimum atomic E-state index is -0.505. The van der Waals surface area contributed by atoms with Crippen molar-refractivity contribution in [3.63, 3.8) is 0 Å². The van der Waals surface area contributed by atoms with Crippen molar-refractivity contribution in [2.24, 2.45) is 0 Å². The van der Waals surface area contributed by atoms with E-state index in [-0.39, 0.29) is 12.2 Å². The smallest absolute Gasteiger partial charge is 0.342 e. The minimum absolute atomic E-state index is 0.128. The van der Waals surface area contributed by atoms with Crippen molar-refractivity contribution in [3.8, 4) is 0 Å². The molecule has 0 bridgehead atoms. The predicted octanol–water partition coefficient (Wildman–Crippen LogP) is 2.71. The number of aryl methyl sites for hydroxylation is 1. The van der Waals surface area contributed by atoms with Crippen LogP contribution in [0.25, 0.3) is 11.0 Å². The molecule has 0 unspecified atom stereocenters. The van der Waals surface area contributed by atoms with E-state index in [0.717, 1.165) is 5.56 Å². The summed E-state index contributed by atoms with van der Waals surface area (Å²) in [6.45, 7) is 5.97. The second-order valence-electron chi connectivity index (χ2n) is 5.40. The minimum Gasteiger partial charge on any atom is -0.458 e. The summed E-state index contributed by atoms with van der Waals surface area (Å²) in [5.41, 5.74) is 9.07. The molecule has 2 N–H and O–H groups in total. The molecular formula is C18H18N4O2. The summed E-state index contributed by atoms with van der Waals surface area (Å²) in [6.07, 6.45) is 3.14. The van der Waals surface area contributed by atoms with Crippen molar-refractivity contribution >= 4 is 22.7 Å². The summed E-state index contributed by atoms with van der Waals surface area (Å²) in [7, 11) is 0. The maximum atomic E-state index is 12.2. The highest BCUT2D eigenvalue weighted by Crippen LogP contribution is 2.26. The number of aromatic nitrogens is 3. The number of ether oxygens (including phenoxy) is 1. The molecule has 24 heavy (non-hydrogen) atoms. The van der Waals surface area contributed by atoms with Crippen LogP contribution in [0.1, 0.15) is 21.6 Å². The lowest BCUT2D eigenvalue weighted by Gasteiger charge is -2.10. The van der Waals surface area contributed by atoms with Gasteiger partial charge in [0, 0.05) is 0 Å². The Balaban J connectivity index is 2.02. The molecule has 2 aromatic heterocycles. The Morgan fingerprint density at radius 1 is 1.38 bits per heavy atom. The first-order chi connectivity index (χ1) is 11.6. The molecule has 0 spiro atoms. The number of carbonyl (C=O) groups is 1. The fourth-order valence-corrected chi connectivity index (χ4v) is 2.57. The number of nitrogens with two attached hydrogens (primary N) is 1. The molecule has 2 heterocycles. The third-order valence-corrected chi connectivity index (χ3v) is 3.72. The molecule has 0 aliphatic rings. The Bertz CT molecular complexity index is 900. The molecule has 3 rings (SSSR count). The number of esters is 1. The van der Waals surface area contributed by atoms with Crippen LogP contribution in [0.2, 0.25) is 0 Å². The van der Waals surface area contributed by atoms with Crippen molar-refractivity contribution in [3.05, 3.63) is 66.0 Å². The summed E-state index contributed by atoms with van der Waals surface area (Å²) < 4.78 is 6.86. The number of fused-ring (bicyclic) bond motifs is 1. The van der Waals surface area contributed by atoms with E-state index in [1.165, 1.54) is 6.08 Å². The van der Waals surface area contributed by atoms with E-state index in [9.17, 15) is 4.79 Å². The van der Waals surface area contributed by atoms with Crippen LogP contribution >= 0.6 is 0 Å². The Labute approximate surface area is 139 Å². The van der Waals surface area contributed by atoms with Crippen LogP contribution in [0.5, 0.6) is 0 Å².